The molecule has 0 aliphatic rings. The number of rotatable bonds is 5. The van der Waals surface area contributed by atoms with Gasteiger partial charge in [-0.05, 0) is 48.9 Å². The summed E-state index contributed by atoms with van der Waals surface area (Å²) in [6, 6.07) is 19.2. The van der Waals surface area contributed by atoms with Crippen LogP contribution in [0, 0.1) is 13.8 Å². The Kier molecular flexibility index (Phi) is 4.50. The second kappa shape index (κ2) is 7.11. The van der Waals surface area contributed by atoms with E-state index < -0.39 is 0 Å². The molecule has 1 amide bonds. The Balaban J connectivity index is 1.61. The molecule has 5 heteroatoms. The Bertz CT molecular complexity index is 1070. The molecule has 2 aromatic heterocycles. The van der Waals surface area contributed by atoms with Gasteiger partial charge in [0.05, 0.1) is 12.0 Å². The maximum Gasteiger partial charge on any atom is 0.251 e. The van der Waals surface area contributed by atoms with Crippen LogP contribution < -0.4 is 5.32 Å². The van der Waals surface area contributed by atoms with Crippen LogP contribution >= 0.6 is 0 Å². The van der Waals surface area contributed by atoms with Crippen molar-refractivity contribution in [2.45, 2.75) is 19.9 Å². The van der Waals surface area contributed by atoms with Crippen molar-refractivity contribution in [3.05, 3.63) is 89.6 Å². The van der Waals surface area contributed by atoms with Gasteiger partial charge in [0, 0.05) is 17.8 Å². The number of amides is 1. The Morgan fingerprint density at radius 1 is 1.11 bits per heavy atom. The van der Waals surface area contributed by atoms with E-state index in [1.54, 1.807) is 6.26 Å². The Morgan fingerprint density at radius 2 is 1.93 bits per heavy atom. The maximum atomic E-state index is 12.9. The van der Waals surface area contributed by atoms with Crippen molar-refractivity contribution in [1.29, 1.82) is 0 Å². The fourth-order valence-corrected chi connectivity index (χ4v) is 3.46. The van der Waals surface area contributed by atoms with E-state index in [1.165, 1.54) is 0 Å². The second-order valence-corrected chi connectivity index (χ2v) is 6.64. The molecule has 0 radical (unpaired) electrons. The lowest BCUT2D eigenvalue weighted by atomic mass is 10.0. The molecule has 5 nitrogen and oxygen atoms in total. The first-order valence-corrected chi connectivity index (χ1v) is 8.95. The highest BCUT2D eigenvalue weighted by Gasteiger charge is 2.21. The standard InChI is InChI=1S/C22H21N3O2/c1-15-13-16(2)25(24-15)20(21-11-6-12-27-21)14-23-22(26)19-10-5-8-17-7-3-4-9-18(17)19/h3-13,20H,14H2,1-2H3,(H,23,26). The first kappa shape index (κ1) is 17.1. The first-order chi connectivity index (χ1) is 13.1. The molecule has 0 fully saturated rings. The summed E-state index contributed by atoms with van der Waals surface area (Å²) >= 11 is 0. The van der Waals surface area contributed by atoms with Gasteiger partial charge in [0.2, 0.25) is 0 Å². The number of benzene rings is 2. The normalized spacial score (nSPS) is 12.2. The van der Waals surface area contributed by atoms with Crippen LogP contribution in [-0.2, 0) is 0 Å². The number of nitrogens with zero attached hydrogens (tertiary/aromatic N) is 2. The molecule has 4 rings (SSSR count). The number of aryl methyl sites for hydroxylation is 2. The number of hydrogen-bond donors (Lipinski definition) is 1. The van der Waals surface area contributed by atoms with E-state index in [4.69, 9.17) is 4.42 Å². The largest absolute Gasteiger partial charge is 0.467 e. The predicted molar refractivity (Wildman–Crippen MR) is 105 cm³/mol. The monoisotopic (exact) mass is 359 g/mol. The lowest BCUT2D eigenvalue weighted by molar-refractivity contribution is 0.0949. The molecule has 4 aromatic rings. The summed E-state index contributed by atoms with van der Waals surface area (Å²) in [6.07, 6.45) is 1.64. The molecule has 1 atom stereocenters. The third-order valence-electron chi connectivity index (χ3n) is 4.70. The molecular formula is C22H21N3O2. The average molecular weight is 359 g/mol. The van der Waals surface area contributed by atoms with Crippen LogP contribution in [-0.4, -0.2) is 22.2 Å². The first-order valence-electron chi connectivity index (χ1n) is 8.95. The van der Waals surface area contributed by atoms with Crippen molar-refractivity contribution >= 4 is 16.7 Å². The van der Waals surface area contributed by atoms with Crippen LogP contribution in [0.5, 0.6) is 0 Å². The number of nitrogens with one attached hydrogen (secondary N) is 1. The molecule has 0 saturated carbocycles. The van der Waals surface area contributed by atoms with Gasteiger partial charge in [-0.15, -0.1) is 0 Å². The van der Waals surface area contributed by atoms with Gasteiger partial charge >= 0.3 is 0 Å². The van der Waals surface area contributed by atoms with Gasteiger partial charge in [-0.1, -0.05) is 36.4 Å². The van der Waals surface area contributed by atoms with Gasteiger partial charge in [-0.2, -0.15) is 5.10 Å². The lowest BCUT2D eigenvalue weighted by Gasteiger charge is -2.18. The molecule has 0 aliphatic heterocycles. The van der Waals surface area contributed by atoms with E-state index in [0.717, 1.165) is 27.9 Å². The van der Waals surface area contributed by atoms with Crippen LogP contribution in [0.15, 0.2) is 71.3 Å². The summed E-state index contributed by atoms with van der Waals surface area (Å²) in [4.78, 5) is 12.9. The quantitative estimate of drug-likeness (QED) is 0.579. The third-order valence-corrected chi connectivity index (χ3v) is 4.70. The molecule has 0 bridgehead atoms. The van der Waals surface area contributed by atoms with Gasteiger partial charge in [0.1, 0.15) is 11.8 Å². The van der Waals surface area contributed by atoms with Crippen molar-refractivity contribution in [3.63, 3.8) is 0 Å². The highest BCUT2D eigenvalue weighted by atomic mass is 16.3. The van der Waals surface area contributed by atoms with Crippen molar-refractivity contribution < 1.29 is 9.21 Å². The highest BCUT2D eigenvalue weighted by Crippen LogP contribution is 2.22. The predicted octanol–water partition coefficient (Wildman–Crippen LogP) is 4.27. The van der Waals surface area contributed by atoms with Gasteiger partial charge in [0.25, 0.3) is 5.91 Å². The third kappa shape index (κ3) is 3.36. The van der Waals surface area contributed by atoms with E-state index in [0.29, 0.717) is 12.1 Å². The number of carbonyl (C=O) groups is 1. The summed E-state index contributed by atoms with van der Waals surface area (Å²) in [5.41, 5.74) is 2.62. The highest BCUT2D eigenvalue weighted by molar-refractivity contribution is 6.07. The molecule has 2 aromatic carbocycles. The van der Waals surface area contributed by atoms with Crippen LogP contribution in [0.4, 0.5) is 0 Å². The van der Waals surface area contributed by atoms with Gasteiger partial charge in [0.15, 0.2) is 0 Å². The number of fused-ring (bicyclic) bond motifs is 1. The molecule has 2 heterocycles. The minimum Gasteiger partial charge on any atom is -0.467 e. The van der Waals surface area contributed by atoms with Gasteiger partial charge in [-0.25, -0.2) is 0 Å². The smallest absolute Gasteiger partial charge is 0.251 e. The molecule has 1 N–H and O–H groups in total. The van der Waals surface area contributed by atoms with Crippen LogP contribution in [0.1, 0.15) is 33.5 Å². The summed E-state index contributed by atoms with van der Waals surface area (Å²) in [5, 5.41) is 9.62. The molecular weight excluding hydrogens is 338 g/mol. The zero-order valence-corrected chi connectivity index (χ0v) is 15.3. The zero-order valence-electron chi connectivity index (χ0n) is 15.3. The molecule has 0 saturated heterocycles. The summed E-state index contributed by atoms with van der Waals surface area (Å²) < 4.78 is 7.51. The van der Waals surface area contributed by atoms with Crippen molar-refractivity contribution in [2.24, 2.45) is 0 Å². The molecule has 0 aliphatic carbocycles. The maximum absolute atomic E-state index is 12.9. The topological polar surface area (TPSA) is 60.1 Å². The van der Waals surface area contributed by atoms with Crippen LogP contribution in [0.25, 0.3) is 10.8 Å². The Hall–Kier alpha value is -3.34. The fraction of sp³-hybridized carbons (Fsp3) is 0.182. The molecule has 1 unspecified atom stereocenters. The van der Waals surface area contributed by atoms with Gasteiger partial charge in [-0.3, -0.25) is 9.48 Å². The number of aromatic nitrogens is 2. The minimum atomic E-state index is -0.201. The summed E-state index contributed by atoms with van der Waals surface area (Å²) in [6.45, 7) is 4.34. The minimum absolute atomic E-state index is 0.107. The van der Waals surface area contributed by atoms with Crippen LogP contribution in [0.2, 0.25) is 0 Å². The number of furan rings is 1. The Labute approximate surface area is 157 Å². The fourth-order valence-electron chi connectivity index (χ4n) is 3.46. The second-order valence-electron chi connectivity index (χ2n) is 6.64. The van der Waals surface area contributed by atoms with Gasteiger partial charge < -0.3 is 9.73 Å². The van der Waals surface area contributed by atoms with E-state index in [9.17, 15) is 4.79 Å². The van der Waals surface area contributed by atoms with E-state index in [-0.39, 0.29) is 11.9 Å². The van der Waals surface area contributed by atoms with E-state index in [2.05, 4.69) is 10.4 Å². The van der Waals surface area contributed by atoms with E-state index >= 15 is 0 Å². The lowest BCUT2D eigenvalue weighted by Crippen LogP contribution is -2.32. The van der Waals surface area contributed by atoms with Crippen LogP contribution in [0.3, 0.4) is 0 Å². The molecule has 136 valence electrons. The Morgan fingerprint density at radius 3 is 2.67 bits per heavy atom. The average Bonchev–Trinajstić information content (AvgIpc) is 3.31. The number of carbonyl (C=O) groups excluding carboxylic acids is 1. The van der Waals surface area contributed by atoms with Crippen molar-refractivity contribution in [1.82, 2.24) is 15.1 Å². The summed E-state index contributed by atoms with van der Waals surface area (Å²) in [5.74, 6) is 0.657. The zero-order chi connectivity index (χ0) is 18.8. The van der Waals surface area contributed by atoms with Crippen molar-refractivity contribution in [3.8, 4) is 0 Å². The molecule has 0 spiro atoms. The summed E-state index contributed by atoms with van der Waals surface area (Å²) in [7, 11) is 0. The van der Waals surface area contributed by atoms with Crippen molar-refractivity contribution in [2.75, 3.05) is 6.54 Å². The molecule has 27 heavy (non-hydrogen) atoms. The SMILES string of the molecule is Cc1cc(C)n(C(CNC(=O)c2cccc3ccccc23)c2ccco2)n1. The number of hydrogen-bond acceptors (Lipinski definition) is 3. The van der Waals surface area contributed by atoms with E-state index in [1.807, 2.05) is 79.2 Å².